The van der Waals surface area contributed by atoms with Gasteiger partial charge < -0.3 is 0 Å². The van der Waals surface area contributed by atoms with E-state index in [1.54, 1.807) is 0 Å². The summed E-state index contributed by atoms with van der Waals surface area (Å²) in [6, 6.07) is 64.5. The van der Waals surface area contributed by atoms with Gasteiger partial charge in [0.1, 0.15) is 0 Å². The molecule has 3 heteroatoms. The molecule has 52 heavy (non-hydrogen) atoms. The summed E-state index contributed by atoms with van der Waals surface area (Å²) in [5.41, 5.74) is 11.3. The van der Waals surface area contributed by atoms with Crippen molar-refractivity contribution in [2.24, 2.45) is 0 Å². The number of pyridine rings is 1. The summed E-state index contributed by atoms with van der Waals surface area (Å²) in [6.45, 7) is 0. The molecule has 3 nitrogen and oxygen atoms in total. The van der Waals surface area contributed by atoms with Gasteiger partial charge >= 0.3 is 0 Å². The highest BCUT2D eigenvalue weighted by Gasteiger charge is 2.16. The van der Waals surface area contributed by atoms with Crippen LogP contribution in [0.25, 0.3) is 99.7 Å². The van der Waals surface area contributed by atoms with Crippen LogP contribution in [-0.2, 0) is 0 Å². The summed E-state index contributed by atoms with van der Waals surface area (Å²) >= 11 is 0. The molecular formula is C49H31N3. The molecule has 0 aliphatic rings. The van der Waals surface area contributed by atoms with Crippen molar-refractivity contribution in [2.45, 2.75) is 0 Å². The number of hydrogen-bond acceptors (Lipinski definition) is 3. The third-order valence-electron chi connectivity index (χ3n) is 10.0. The van der Waals surface area contributed by atoms with E-state index in [0.717, 1.165) is 61.6 Å². The van der Waals surface area contributed by atoms with Gasteiger partial charge in [0, 0.05) is 28.5 Å². The van der Waals surface area contributed by atoms with Crippen molar-refractivity contribution >= 4 is 32.3 Å². The molecule has 0 unspecified atom stereocenters. The van der Waals surface area contributed by atoms with Crippen LogP contribution >= 0.6 is 0 Å². The van der Waals surface area contributed by atoms with Gasteiger partial charge in [-0.2, -0.15) is 0 Å². The second-order valence-corrected chi connectivity index (χ2v) is 13.3. The zero-order valence-electron chi connectivity index (χ0n) is 28.2. The first-order chi connectivity index (χ1) is 25.7. The molecule has 2 aromatic heterocycles. The maximum Gasteiger partial charge on any atom is 0.160 e. The van der Waals surface area contributed by atoms with Crippen LogP contribution in [0.3, 0.4) is 0 Å². The summed E-state index contributed by atoms with van der Waals surface area (Å²) in [6.07, 6.45) is 1.84. The van der Waals surface area contributed by atoms with Crippen LogP contribution in [0.4, 0.5) is 0 Å². The highest BCUT2D eigenvalue weighted by atomic mass is 14.9. The quantitative estimate of drug-likeness (QED) is 0.166. The average molecular weight is 662 g/mol. The van der Waals surface area contributed by atoms with Crippen LogP contribution in [0, 0.1) is 0 Å². The minimum absolute atomic E-state index is 0.682. The van der Waals surface area contributed by atoms with E-state index in [4.69, 9.17) is 9.97 Å². The zero-order valence-corrected chi connectivity index (χ0v) is 28.2. The predicted molar refractivity (Wildman–Crippen MR) is 216 cm³/mol. The van der Waals surface area contributed by atoms with Crippen molar-refractivity contribution in [2.75, 3.05) is 0 Å². The van der Waals surface area contributed by atoms with Crippen molar-refractivity contribution < 1.29 is 0 Å². The van der Waals surface area contributed by atoms with E-state index >= 15 is 0 Å². The Morgan fingerprint density at radius 3 is 1.38 bits per heavy atom. The molecule has 0 aliphatic carbocycles. The first-order valence-corrected chi connectivity index (χ1v) is 17.6. The first kappa shape index (κ1) is 29.9. The molecule has 242 valence electrons. The molecule has 8 aromatic carbocycles. The Bertz CT molecular complexity index is 2760. The number of hydrogen-bond donors (Lipinski definition) is 0. The third-order valence-corrected chi connectivity index (χ3v) is 10.0. The van der Waals surface area contributed by atoms with Gasteiger partial charge in [0.2, 0.25) is 0 Å². The van der Waals surface area contributed by atoms with Crippen LogP contribution in [0.5, 0.6) is 0 Å². The molecule has 0 bridgehead atoms. The van der Waals surface area contributed by atoms with Gasteiger partial charge in [-0.25, -0.2) is 9.97 Å². The van der Waals surface area contributed by atoms with Crippen LogP contribution in [0.2, 0.25) is 0 Å². The average Bonchev–Trinajstić information content (AvgIpc) is 3.23. The maximum absolute atomic E-state index is 5.23. The summed E-state index contributed by atoms with van der Waals surface area (Å²) in [5.74, 6) is 0.682. The van der Waals surface area contributed by atoms with Gasteiger partial charge in [-0.05, 0) is 109 Å². The van der Waals surface area contributed by atoms with E-state index in [9.17, 15) is 0 Å². The number of benzene rings is 8. The second-order valence-electron chi connectivity index (χ2n) is 13.3. The van der Waals surface area contributed by atoms with E-state index < -0.39 is 0 Å². The molecule has 0 aliphatic heterocycles. The second kappa shape index (κ2) is 12.4. The molecular weight excluding hydrogens is 631 g/mol. The van der Waals surface area contributed by atoms with E-state index in [1.807, 2.05) is 30.5 Å². The molecule has 2 heterocycles. The molecule has 10 aromatic rings. The van der Waals surface area contributed by atoms with Crippen LogP contribution in [0.1, 0.15) is 0 Å². The van der Waals surface area contributed by atoms with Crippen molar-refractivity contribution in [1.29, 1.82) is 0 Å². The Morgan fingerprint density at radius 1 is 0.269 bits per heavy atom. The van der Waals surface area contributed by atoms with E-state index in [-0.39, 0.29) is 0 Å². The van der Waals surface area contributed by atoms with Crippen LogP contribution in [-0.4, -0.2) is 15.0 Å². The van der Waals surface area contributed by atoms with Crippen molar-refractivity contribution in [3.05, 3.63) is 188 Å². The Balaban J connectivity index is 1.21. The van der Waals surface area contributed by atoms with Gasteiger partial charge in [0.15, 0.2) is 5.82 Å². The smallest absolute Gasteiger partial charge is 0.160 e. The minimum atomic E-state index is 0.682. The monoisotopic (exact) mass is 661 g/mol. The molecule has 0 radical (unpaired) electrons. The molecule has 0 saturated heterocycles. The molecule has 0 fully saturated rings. The molecule has 10 rings (SSSR count). The standard InChI is InChI=1S/C49H31N3/c1-3-11-32(12-4-1)45-31-46(33-13-5-2-6-14-33)52-49(51-45)43-29-40(36-17-10-18-37(25-36)44-19-7-8-24-50-44)28-42(30-43)41-26-38-22-20-34-15-9-16-35-21-23-39(27-41)48(38)47(34)35/h1-31H. The lowest BCUT2D eigenvalue weighted by Gasteiger charge is -2.15. The van der Waals surface area contributed by atoms with Crippen molar-refractivity contribution in [3.63, 3.8) is 0 Å². The number of nitrogens with zero attached hydrogens (tertiary/aromatic N) is 3. The summed E-state index contributed by atoms with van der Waals surface area (Å²) in [4.78, 5) is 15.1. The van der Waals surface area contributed by atoms with Crippen LogP contribution < -0.4 is 0 Å². The van der Waals surface area contributed by atoms with Gasteiger partial charge in [-0.1, -0.05) is 127 Å². The summed E-state index contributed by atoms with van der Waals surface area (Å²) < 4.78 is 0. The normalized spacial score (nSPS) is 11.5. The van der Waals surface area contributed by atoms with E-state index in [2.05, 4.69) is 163 Å². The van der Waals surface area contributed by atoms with Gasteiger partial charge in [0.25, 0.3) is 0 Å². The molecule has 0 atom stereocenters. The Labute approximate surface area is 301 Å². The SMILES string of the molecule is c1ccc(-c2cc(-c3ccccc3)nc(-c3cc(-c4cccc(-c5ccccn5)c4)cc(-c4cc5ccc6cccc7ccc(c4)c5c67)c3)n2)cc1. The Morgan fingerprint density at radius 2 is 0.750 bits per heavy atom. The molecule has 0 N–H and O–H groups in total. The fourth-order valence-corrected chi connectivity index (χ4v) is 7.49. The molecule has 0 amide bonds. The van der Waals surface area contributed by atoms with Gasteiger partial charge in [-0.3, -0.25) is 4.98 Å². The zero-order chi connectivity index (χ0) is 34.4. The largest absolute Gasteiger partial charge is 0.256 e. The highest BCUT2D eigenvalue weighted by Crippen LogP contribution is 2.40. The Hall–Kier alpha value is -6.97. The third kappa shape index (κ3) is 5.37. The lowest BCUT2D eigenvalue weighted by molar-refractivity contribution is 1.18. The summed E-state index contributed by atoms with van der Waals surface area (Å²) in [7, 11) is 0. The minimum Gasteiger partial charge on any atom is -0.256 e. The van der Waals surface area contributed by atoms with Crippen LogP contribution in [0.15, 0.2) is 188 Å². The fourth-order valence-electron chi connectivity index (χ4n) is 7.49. The number of aromatic nitrogens is 3. The van der Waals surface area contributed by atoms with Crippen molar-refractivity contribution in [3.8, 4) is 67.4 Å². The topological polar surface area (TPSA) is 38.7 Å². The Kier molecular flexibility index (Phi) is 7.14. The first-order valence-electron chi connectivity index (χ1n) is 17.6. The van der Waals surface area contributed by atoms with Crippen molar-refractivity contribution in [1.82, 2.24) is 15.0 Å². The molecule has 0 saturated carbocycles. The van der Waals surface area contributed by atoms with Gasteiger partial charge in [-0.15, -0.1) is 0 Å². The lowest BCUT2D eigenvalue weighted by atomic mass is 9.90. The van der Waals surface area contributed by atoms with Gasteiger partial charge in [0.05, 0.1) is 17.1 Å². The van der Waals surface area contributed by atoms with E-state index in [0.29, 0.717) is 5.82 Å². The fraction of sp³-hybridized carbons (Fsp3) is 0. The highest BCUT2D eigenvalue weighted by molar-refractivity contribution is 6.23. The van der Waals surface area contributed by atoms with E-state index in [1.165, 1.54) is 32.3 Å². The summed E-state index contributed by atoms with van der Waals surface area (Å²) in [5, 5.41) is 7.63. The predicted octanol–water partition coefficient (Wildman–Crippen LogP) is 12.8. The number of rotatable bonds is 6. The maximum atomic E-state index is 5.23. The lowest BCUT2D eigenvalue weighted by Crippen LogP contribution is -1.97. The molecule has 0 spiro atoms.